The molecule has 0 saturated carbocycles. The second-order valence-electron chi connectivity index (χ2n) is 5.04. The summed E-state index contributed by atoms with van der Waals surface area (Å²) in [6, 6.07) is 8.78. The first-order valence-electron chi connectivity index (χ1n) is 6.93. The van der Waals surface area contributed by atoms with Crippen LogP contribution in [0.3, 0.4) is 0 Å². The molecule has 0 heterocycles. The number of carbonyl (C=O) groups excluding carboxylic acids is 1. The van der Waals surface area contributed by atoms with Gasteiger partial charge in [-0.15, -0.1) is 0 Å². The van der Waals surface area contributed by atoms with Crippen molar-refractivity contribution in [2.75, 3.05) is 6.54 Å². The summed E-state index contributed by atoms with van der Waals surface area (Å²) in [5.41, 5.74) is 1.22. The number of benzene rings is 2. The predicted molar refractivity (Wildman–Crippen MR) is 83.6 cm³/mol. The van der Waals surface area contributed by atoms with Gasteiger partial charge in [0.05, 0.1) is 4.92 Å². The fraction of sp³-hybridized carbons (Fsp3) is 0.188. The van der Waals surface area contributed by atoms with Crippen LogP contribution in [0, 0.1) is 17.0 Å². The van der Waals surface area contributed by atoms with Gasteiger partial charge in [0.1, 0.15) is 0 Å². The van der Waals surface area contributed by atoms with Crippen LogP contribution in [-0.4, -0.2) is 27.6 Å². The molecule has 2 aromatic carbocycles. The third-order valence-electron chi connectivity index (χ3n) is 3.49. The zero-order valence-corrected chi connectivity index (χ0v) is 12.4. The molecule has 7 heteroatoms. The first kappa shape index (κ1) is 16.3. The van der Waals surface area contributed by atoms with E-state index in [2.05, 4.69) is 5.32 Å². The zero-order chi connectivity index (χ0) is 17.0. The molecular formula is C16H16N2O5. The fourth-order valence-corrected chi connectivity index (χ4v) is 2.21. The number of nitrogens with zero attached hydrogens (tertiary/aromatic N) is 1. The minimum absolute atomic E-state index is 0.0962. The van der Waals surface area contributed by atoms with Gasteiger partial charge in [-0.2, -0.15) is 0 Å². The lowest BCUT2D eigenvalue weighted by Gasteiger charge is -2.08. The lowest BCUT2D eigenvalue weighted by Crippen LogP contribution is -2.26. The molecule has 23 heavy (non-hydrogen) atoms. The van der Waals surface area contributed by atoms with Crippen molar-refractivity contribution in [2.24, 2.45) is 0 Å². The molecule has 0 unspecified atom stereocenters. The van der Waals surface area contributed by atoms with E-state index in [9.17, 15) is 25.1 Å². The van der Waals surface area contributed by atoms with Crippen LogP contribution < -0.4 is 5.32 Å². The largest absolute Gasteiger partial charge is 0.504 e. The van der Waals surface area contributed by atoms with E-state index < -0.39 is 10.8 Å². The molecule has 0 saturated heterocycles. The Balaban J connectivity index is 2.01. The highest BCUT2D eigenvalue weighted by molar-refractivity contribution is 5.96. The zero-order valence-electron chi connectivity index (χ0n) is 12.4. The average molecular weight is 316 g/mol. The molecule has 0 aromatic heterocycles. The SMILES string of the molecule is Cc1c(C(=O)NCCc2ccc(O)c(O)c2)cccc1[N+](=O)[O-]. The molecule has 1 amide bonds. The lowest BCUT2D eigenvalue weighted by molar-refractivity contribution is -0.385. The number of phenols is 2. The number of rotatable bonds is 5. The number of hydrogen-bond acceptors (Lipinski definition) is 5. The quantitative estimate of drug-likeness (QED) is 0.445. The molecule has 2 rings (SSSR count). The van der Waals surface area contributed by atoms with Gasteiger partial charge in [0.15, 0.2) is 11.5 Å². The van der Waals surface area contributed by atoms with Gasteiger partial charge in [0.25, 0.3) is 11.6 Å². The standard InChI is InChI=1S/C16H16N2O5/c1-10-12(3-2-4-13(10)18(22)23)16(21)17-8-7-11-5-6-14(19)15(20)9-11/h2-6,9,19-20H,7-8H2,1H3,(H,17,21). The number of nitrogens with one attached hydrogen (secondary N) is 1. The van der Waals surface area contributed by atoms with Crippen molar-refractivity contribution >= 4 is 11.6 Å². The summed E-state index contributed by atoms with van der Waals surface area (Å²) >= 11 is 0. The molecule has 3 N–H and O–H groups in total. The average Bonchev–Trinajstić information content (AvgIpc) is 2.50. The summed E-state index contributed by atoms with van der Waals surface area (Å²) in [5.74, 6) is -0.817. The Labute approximate surface area is 132 Å². The molecule has 0 aliphatic rings. The number of amides is 1. The highest BCUT2D eigenvalue weighted by Gasteiger charge is 2.17. The van der Waals surface area contributed by atoms with Crippen molar-refractivity contribution in [1.82, 2.24) is 5.32 Å². The Kier molecular flexibility index (Phi) is 4.80. The maximum Gasteiger partial charge on any atom is 0.273 e. The molecular weight excluding hydrogens is 300 g/mol. The normalized spacial score (nSPS) is 10.3. The summed E-state index contributed by atoms with van der Waals surface area (Å²) in [4.78, 5) is 22.5. The number of phenolic OH excluding ortho intramolecular Hbond substituents is 2. The van der Waals surface area contributed by atoms with E-state index in [4.69, 9.17) is 0 Å². The Bertz CT molecular complexity index is 758. The molecule has 2 aromatic rings. The van der Waals surface area contributed by atoms with E-state index >= 15 is 0 Å². The molecule has 0 spiro atoms. The molecule has 7 nitrogen and oxygen atoms in total. The van der Waals surface area contributed by atoms with Crippen molar-refractivity contribution in [1.29, 1.82) is 0 Å². The van der Waals surface area contributed by atoms with E-state index in [1.54, 1.807) is 6.07 Å². The molecule has 0 bridgehead atoms. The Morgan fingerprint density at radius 2 is 1.96 bits per heavy atom. The number of nitro benzene ring substituents is 1. The monoisotopic (exact) mass is 316 g/mol. The van der Waals surface area contributed by atoms with Gasteiger partial charge in [0.2, 0.25) is 0 Å². The number of nitro groups is 1. The van der Waals surface area contributed by atoms with E-state index in [1.807, 2.05) is 0 Å². The lowest BCUT2D eigenvalue weighted by atomic mass is 10.1. The topological polar surface area (TPSA) is 113 Å². The van der Waals surface area contributed by atoms with Gasteiger partial charge in [-0.05, 0) is 37.1 Å². The van der Waals surface area contributed by atoms with Gasteiger partial charge in [-0.3, -0.25) is 14.9 Å². The summed E-state index contributed by atoms with van der Waals surface area (Å²) in [6.07, 6.45) is 0.452. The van der Waals surface area contributed by atoms with E-state index in [0.29, 0.717) is 18.5 Å². The van der Waals surface area contributed by atoms with Crippen molar-refractivity contribution in [2.45, 2.75) is 13.3 Å². The van der Waals surface area contributed by atoms with Gasteiger partial charge in [-0.25, -0.2) is 0 Å². The van der Waals surface area contributed by atoms with Crippen LogP contribution in [-0.2, 0) is 6.42 Å². The minimum Gasteiger partial charge on any atom is -0.504 e. The van der Waals surface area contributed by atoms with Crippen LogP contribution in [0.5, 0.6) is 11.5 Å². The van der Waals surface area contributed by atoms with Crippen molar-refractivity contribution in [3.8, 4) is 11.5 Å². The van der Waals surface area contributed by atoms with Crippen LogP contribution in [0.4, 0.5) is 5.69 Å². The van der Waals surface area contributed by atoms with E-state index in [1.165, 1.54) is 37.3 Å². The smallest absolute Gasteiger partial charge is 0.273 e. The molecule has 0 atom stereocenters. The third-order valence-corrected chi connectivity index (χ3v) is 3.49. The van der Waals surface area contributed by atoms with Crippen LogP contribution in [0.25, 0.3) is 0 Å². The van der Waals surface area contributed by atoms with Crippen LogP contribution in [0.15, 0.2) is 36.4 Å². The first-order chi connectivity index (χ1) is 10.9. The molecule has 120 valence electrons. The Morgan fingerprint density at radius 1 is 1.22 bits per heavy atom. The van der Waals surface area contributed by atoms with Gasteiger partial charge in [-0.1, -0.05) is 12.1 Å². The first-order valence-corrected chi connectivity index (χ1v) is 6.93. The predicted octanol–water partition coefficient (Wildman–Crippen LogP) is 2.29. The summed E-state index contributed by atoms with van der Waals surface area (Å²) in [5, 5.41) is 32.2. The minimum atomic E-state index is -0.522. The van der Waals surface area contributed by atoms with Crippen molar-refractivity contribution < 1.29 is 19.9 Å². The Morgan fingerprint density at radius 3 is 2.61 bits per heavy atom. The van der Waals surface area contributed by atoms with Crippen LogP contribution in [0.1, 0.15) is 21.5 Å². The second kappa shape index (κ2) is 6.78. The molecule has 0 aliphatic carbocycles. The maximum absolute atomic E-state index is 12.1. The summed E-state index contributed by atoms with van der Waals surface area (Å²) in [7, 11) is 0. The highest BCUT2D eigenvalue weighted by atomic mass is 16.6. The number of aromatic hydroxyl groups is 2. The maximum atomic E-state index is 12.1. The van der Waals surface area contributed by atoms with Crippen molar-refractivity contribution in [3.05, 3.63) is 63.2 Å². The summed E-state index contributed by atoms with van der Waals surface area (Å²) < 4.78 is 0. The number of carbonyl (C=O) groups is 1. The highest BCUT2D eigenvalue weighted by Crippen LogP contribution is 2.25. The molecule has 0 fully saturated rings. The molecule has 0 aliphatic heterocycles. The Hall–Kier alpha value is -3.09. The van der Waals surface area contributed by atoms with Crippen LogP contribution >= 0.6 is 0 Å². The summed E-state index contributed by atoms with van der Waals surface area (Å²) in [6.45, 7) is 1.83. The van der Waals surface area contributed by atoms with Crippen molar-refractivity contribution in [3.63, 3.8) is 0 Å². The molecule has 0 radical (unpaired) electrons. The fourth-order valence-electron chi connectivity index (χ4n) is 2.21. The number of hydrogen-bond donors (Lipinski definition) is 3. The van der Waals surface area contributed by atoms with Crippen LogP contribution in [0.2, 0.25) is 0 Å². The third kappa shape index (κ3) is 3.76. The van der Waals surface area contributed by atoms with Gasteiger partial charge < -0.3 is 15.5 Å². The van der Waals surface area contributed by atoms with Gasteiger partial charge in [0, 0.05) is 23.7 Å². The van der Waals surface area contributed by atoms with Gasteiger partial charge >= 0.3 is 0 Å². The second-order valence-corrected chi connectivity index (χ2v) is 5.04. The van der Waals surface area contributed by atoms with E-state index in [-0.39, 0.29) is 22.7 Å². The van der Waals surface area contributed by atoms with E-state index in [0.717, 1.165) is 5.56 Å².